The van der Waals surface area contributed by atoms with E-state index in [1.165, 1.54) is 6.07 Å². The zero-order valence-corrected chi connectivity index (χ0v) is 11.9. The van der Waals surface area contributed by atoms with Gasteiger partial charge in [-0.3, -0.25) is 14.9 Å². The highest BCUT2D eigenvalue weighted by atomic mass is 16.6. The lowest BCUT2D eigenvalue weighted by molar-refractivity contribution is -0.385. The van der Waals surface area contributed by atoms with Gasteiger partial charge >= 0.3 is 0 Å². The Balaban J connectivity index is 2.81. The van der Waals surface area contributed by atoms with E-state index in [0.29, 0.717) is 5.92 Å². The lowest BCUT2D eigenvalue weighted by Crippen LogP contribution is -2.33. The quantitative estimate of drug-likeness (QED) is 0.612. The van der Waals surface area contributed by atoms with E-state index in [9.17, 15) is 14.9 Å². The number of nitro groups is 1. The molecular weight excluding hydrogens is 260 g/mol. The van der Waals surface area contributed by atoms with Gasteiger partial charge in [-0.15, -0.1) is 0 Å². The molecule has 1 unspecified atom stereocenters. The molecule has 0 bridgehead atoms. The molecule has 110 valence electrons. The van der Waals surface area contributed by atoms with Crippen molar-refractivity contribution >= 4 is 17.4 Å². The Hall–Kier alpha value is -2.18. The molecule has 1 atom stereocenters. The number of nitrogens with two attached hydrogens (primary N) is 1. The van der Waals surface area contributed by atoms with Gasteiger partial charge in [-0.1, -0.05) is 13.8 Å². The molecule has 1 aromatic heterocycles. The van der Waals surface area contributed by atoms with Gasteiger partial charge in [0, 0.05) is 6.04 Å². The number of amides is 1. The van der Waals surface area contributed by atoms with E-state index in [1.807, 2.05) is 6.92 Å². The Labute approximate surface area is 117 Å². The Bertz CT molecular complexity index is 502. The molecule has 20 heavy (non-hydrogen) atoms. The minimum atomic E-state index is -0.639. The fraction of sp³-hybridized carbons (Fsp3) is 0.538. The Morgan fingerprint density at radius 2 is 2.10 bits per heavy atom. The van der Waals surface area contributed by atoms with Gasteiger partial charge in [0.25, 0.3) is 11.6 Å². The predicted octanol–water partition coefficient (Wildman–Crippen LogP) is 2.13. The molecular formula is C13H20N4O3. The predicted molar refractivity (Wildman–Crippen MR) is 76.3 cm³/mol. The molecule has 1 amide bonds. The van der Waals surface area contributed by atoms with E-state index >= 15 is 0 Å². The van der Waals surface area contributed by atoms with Gasteiger partial charge in [0.05, 0.1) is 4.92 Å². The monoisotopic (exact) mass is 280 g/mol. The van der Waals surface area contributed by atoms with Crippen molar-refractivity contribution < 1.29 is 9.72 Å². The van der Waals surface area contributed by atoms with E-state index < -0.39 is 10.8 Å². The normalized spacial score (nSPS) is 12.2. The van der Waals surface area contributed by atoms with Crippen molar-refractivity contribution in [1.82, 2.24) is 10.3 Å². The van der Waals surface area contributed by atoms with Crippen molar-refractivity contribution in [3.05, 3.63) is 27.9 Å². The number of pyridine rings is 1. The van der Waals surface area contributed by atoms with Crippen LogP contribution in [0.2, 0.25) is 0 Å². The summed E-state index contributed by atoms with van der Waals surface area (Å²) in [6, 6.07) is 1.17. The molecule has 0 saturated carbocycles. The summed E-state index contributed by atoms with van der Waals surface area (Å²) in [4.78, 5) is 26.0. The van der Waals surface area contributed by atoms with Crippen LogP contribution in [0.15, 0.2) is 12.3 Å². The third-order valence-electron chi connectivity index (χ3n) is 2.90. The summed E-state index contributed by atoms with van der Waals surface area (Å²) in [6.07, 6.45) is 2.79. The van der Waals surface area contributed by atoms with Gasteiger partial charge in [0.15, 0.2) is 0 Å². The molecule has 0 aromatic carbocycles. The minimum absolute atomic E-state index is 0.0566. The highest BCUT2D eigenvalue weighted by molar-refractivity contribution is 5.98. The molecule has 0 aliphatic carbocycles. The van der Waals surface area contributed by atoms with Crippen molar-refractivity contribution in [1.29, 1.82) is 0 Å². The van der Waals surface area contributed by atoms with Crippen molar-refractivity contribution in [2.75, 3.05) is 5.73 Å². The van der Waals surface area contributed by atoms with Crippen LogP contribution >= 0.6 is 0 Å². The number of rotatable bonds is 6. The second-order valence-electron chi connectivity index (χ2n) is 5.23. The topological polar surface area (TPSA) is 111 Å². The van der Waals surface area contributed by atoms with Crippen molar-refractivity contribution in [2.45, 2.75) is 39.7 Å². The molecule has 0 spiro atoms. The number of nitrogens with zero attached hydrogens (tertiary/aromatic N) is 2. The summed E-state index contributed by atoms with van der Waals surface area (Å²) < 4.78 is 0. The van der Waals surface area contributed by atoms with Crippen LogP contribution in [0.4, 0.5) is 11.5 Å². The molecule has 0 aliphatic rings. The van der Waals surface area contributed by atoms with Gasteiger partial charge in [0.1, 0.15) is 17.6 Å². The van der Waals surface area contributed by atoms with Crippen LogP contribution in [0.3, 0.4) is 0 Å². The van der Waals surface area contributed by atoms with Crippen LogP contribution in [0.25, 0.3) is 0 Å². The van der Waals surface area contributed by atoms with E-state index in [4.69, 9.17) is 5.73 Å². The molecule has 0 radical (unpaired) electrons. The first-order valence-electron chi connectivity index (χ1n) is 6.52. The number of anilines is 1. The highest BCUT2D eigenvalue weighted by Crippen LogP contribution is 2.19. The number of aromatic nitrogens is 1. The Morgan fingerprint density at radius 1 is 1.45 bits per heavy atom. The Morgan fingerprint density at radius 3 is 2.65 bits per heavy atom. The lowest BCUT2D eigenvalue weighted by atomic mass is 10.0. The standard InChI is InChI=1S/C13H20N4O3/c1-8(2)4-5-9(3)16-13(18)10-6-12(14)15-7-11(10)17(19)20/h6-9H,4-5H2,1-3H3,(H2,14,15)(H,16,18). The number of hydrogen-bond acceptors (Lipinski definition) is 5. The molecule has 3 N–H and O–H groups in total. The van der Waals surface area contributed by atoms with Gasteiger partial charge < -0.3 is 11.1 Å². The van der Waals surface area contributed by atoms with Crippen LogP contribution in [0, 0.1) is 16.0 Å². The van der Waals surface area contributed by atoms with Crippen molar-refractivity contribution in [3.63, 3.8) is 0 Å². The van der Waals surface area contributed by atoms with Crippen molar-refractivity contribution in [2.24, 2.45) is 5.92 Å². The van der Waals surface area contributed by atoms with Crippen LogP contribution in [-0.4, -0.2) is 21.9 Å². The smallest absolute Gasteiger partial charge is 0.300 e. The highest BCUT2D eigenvalue weighted by Gasteiger charge is 2.22. The first-order valence-corrected chi connectivity index (χ1v) is 6.52. The summed E-state index contributed by atoms with van der Waals surface area (Å²) in [7, 11) is 0. The van der Waals surface area contributed by atoms with Crippen LogP contribution in [0.1, 0.15) is 44.0 Å². The fourth-order valence-electron chi connectivity index (χ4n) is 1.75. The second-order valence-corrected chi connectivity index (χ2v) is 5.23. The average Bonchev–Trinajstić information content (AvgIpc) is 2.35. The third kappa shape index (κ3) is 4.49. The summed E-state index contributed by atoms with van der Waals surface area (Å²) >= 11 is 0. The lowest BCUT2D eigenvalue weighted by Gasteiger charge is -2.15. The maximum absolute atomic E-state index is 12.1. The van der Waals surface area contributed by atoms with E-state index in [-0.39, 0.29) is 23.1 Å². The maximum Gasteiger partial charge on any atom is 0.300 e. The summed E-state index contributed by atoms with van der Waals surface area (Å²) in [5.74, 6) is 0.123. The minimum Gasteiger partial charge on any atom is -0.384 e. The largest absolute Gasteiger partial charge is 0.384 e. The van der Waals surface area contributed by atoms with Crippen molar-refractivity contribution in [3.8, 4) is 0 Å². The van der Waals surface area contributed by atoms with Crippen LogP contribution < -0.4 is 11.1 Å². The Kier molecular flexibility index (Phi) is 5.42. The van der Waals surface area contributed by atoms with Gasteiger partial charge in [-0.05, 0) is 31.7 Å². The molecule has 7 heteroatoms. The molecule has 0 saturated heterocycles. The molecule has 0 aliphatic heterocycles. The SMILES string of the molecule is CC(C)CCC(C)NC(=O)c1cc(N)ncc1[N+](=O)[O-]. The van der Waals surface area contributed by atoms with Gasteiger partial charge in [-0.25, -0.2) is 4.98 Å². The average molecular weight is 280 g/mol. The van der Waals surface area contributed by atoms with E-state index in [2.05, 4.69) is 24.1 Å². The molecule has 1 rings (SSSR count). The zero-order valence-electron chi connectivity index (χ0n) is 11.9. The van der Waals surface area contributed by atoms with Crippen LogP contribution in [0.5, 0.6) is 0 Å². The first-order chi connectivity index (χ1) is 9.31. The number of nitrogens with one attached hydrogen (secondary N) is 1. The summed E-state index contributed by atoms with van der Waals surface area (Å²) in [5.41, 5.74) is 5.08. The molecule has 7 nitrogen and oxygen atoms in total. The fourth-order valence-corrected chi connectivity index (χ4v) is 1.75. The first kappa shape index (κ1) is 15.9. The summed E-state index contributed by atoms with van der Waals surface area (Å²) in [5, 5.41) is 13.6. The van der Waals surface area contributed by atoms with Gasteiger partial charge in [0.2, 0.25) is 0 Å². The number of hydrogen-bond donors (Lipinski definition) is 2. The molecule has 1 heterocycles. The number of carbonyl (C=O) groups excluding carboxylic acids is 1. The van der Waals surface area contributed by atoms with E-state index in [1.54, 1.807) is 0 Å². The molecule has 0 fully saturated rings. The number of carbonyl (C=O) groups is 1. The van der Waals surface area contributed by atoms with E-state index in [0.717, 1.165) is 19.0 Å². The maximum atomic E-state index is 12.1. The number of nitrogen functional groups attached to an aromatic ring is 1. The van der Waals surface area contributed by atoms with Crippen LogP contribution in [-0.2, 0) is 0 Å². The third-order valence-corrected chi connectivity index (χ3v) is 2.90. The zero-order chi connectivity index (χ0) is 15.3. The van der Waals surface area contributed by atoms with Gasteiger partial charge in [-0.2, -0.15) is 0 Å². The molecule has 1 aromatic rings. The second kappa shape index (κ2) is 6.83. The summed E-state index contributed by atoms with van der Waals surface area (Å²) in [6.45, 7) is 6.07.